The fraction of sp³-hybridized carbons (Fsp3) is 0.0588. The van der Waals surface area contributed by atoms with Gasteiger partial charge in [-0.25, -0.2) is 0 Å². The molecule has 0 unspecified atom stereocenters. The van der Waals surface area contributed by atoms with Gasteiger partial charge in [0, 0.05) is 8.95 Å². The Morgan fingerprint density at radius 1 is 1.00 bits per heavy atom. The zero-order valence-electron chi connectivity index (χ0n) is 11.8. The van der Waals surface area contributed by atoms with Crippen LogP contribution in [0.5, 0.6) is 0 Å². The average Bonchev–Trinajstić information content (AvgIpc) is 2.79. The van der Waals surface area contributed by atoms with Crippen molar-refractivity contribution in [1.82, 2.24) is 4.90 Å². The molecule has 1 saturated heterocycles. The molecule has 1 heterocycles. The third kappa shape index (κ3) is 3.76. The number of amides is 2. The average molecular weight is 453 g/mol. The highest BCUT2D eigenvalue weighted by atomic mass is 79.9. The highest BCUT2D eigenvalue weighted by Crippen LogP contribution is 2.34. The van der Waals surface area contributed by atoms with E-state index in [0.717, 1.165) is 31.8 Å². The number of carbonyl (C=O) groups is 2. The number of benzene rings is 2. The highest BCUT2D eigenvalue weighted by molar-refractivity contribution is 9.10. The van der Waals surface area contributed by atoms with Crippen LogP contribution in [0.2, 0.25) is 0 Å². The van der Waals surface area contributed by atoms with Gasteiger partial charge in [0.1, 0.15) is 0 Å². The van der Waals surface area contributed by atoms with E-state index < -0.39 is 0 Å². The van der Waals surface area contributed by atoms with Crippen LogP contribution < -0.4 is 0 Å². The second kappa shape index (κ2) is 7.03. The van der Waals surface area contributed by atoms with Crippen LogP contribution in [-0.2, 0) is 11.3 Å². The molecular formula is C17H11Br2NO2S. The Bertz CT molecular complexity index is 802. The van der Waals surface area contributed by atoms with Crippen LogP contribution in [0, 0.1) is 0 Å². The number of hydrogen-bond donors (Lipinski definition) is 0. The summed E-state index contributed by atoms with van der Waals surface area (Å²) < 4.78 is 1.85. The SMILES string of the molecule is O=C1S/C(=C/c2ccc(Br)cc2)C(=O)N1Cc1ccccc1Br. The van der Waals surface area contributed by atoms with Crippen molar-refractivity contribution in [3.8, 4) is 0 Å². The molecule has 0 atom stereocenters. The molecule has 1 aliphatic heterocycles. The normalized spacial score (nSPS) is 16.4. The number of halogens is 2. The third-order valence-corrected chi connectivity index (χ3v) is 5.54. The van der Waals surface area contributed by atoms with E-state index in [0.29, 0.717) is 4.91 Å². The molecule has 0 aliphatic carbocycles. The molecule has 0 radical (unpaired) electrons. The summed E-state index contributed by atoms with van der Waals surface area (Å²) in [5.41, 5.74) is 1.79. The number of hydrogen-bond acceptors (Lipinski definition) is 3. The summed E-state index contributed by atoms with van der Waals surface area (Å²) in [5, 5.41) is -0.242. The van der Waals surface area contributed by atoms with Crippen LogP contribution in [0.15, 0.2) is 62.4 Å². The van der Waals surface area contributed by atoms with E-state index in [9.17, 15) is 9.59 Å². The summed E-state index contributed by atoms with van der Waals surface area (Å²) in [6, 6.07) is 15.2. The maximum absolute atomic E-state index is 12.5. The standard InChI is InChI=1S/C17H11Br2NO2S/c18-13-7-5-11(6-8-13)9-15-16(21)20(17(22)23-15)10-12-3-1-2-4-14(12)19/h1-9H,10H2/b15-9+. The molecule has 116 valence electrons. The molecule has 0 spiro atoms. The maximum Gasteiger partial charge on any atom is 0.293 e. The minimum Gasteiger partial charge on any atom is -0.268 e. The lowest BCUT2D eigenvalue weighted by Gasteiger charge is -2.13. The number of nitrogens with zero attached hydrogens (tertiary/aromatic N) is 1. The summed E-state index contributed by atoms with van der Waals surface area (Å²) in [5.74, 6) is -0.251. The Labute approximate surface area is 155 Å². The topological polar surface area (TPSA) is 37.4 Å². The molecule has 3 rings (SSSR count). The Kier molecular flexibility index (Phi) is 5.04. The predicted molar refractivity (Wildman–Crippen MR) is 99.8 cm³/mol. The van der Waals surface area contributed by atoms with Crippen molar-refractivity contribution in [2.24, 2.45) is 0 Å². The first-order valence-corrected chi connectivity index (χ1v) is 9.19. The Hall–Kier alpha value is -1.37. The van der Waals surface area contributed by atoms with Crippen molar-refractivity contribution in [3.05, 3.63) is 73.5 Å². The lowest BCUT2D eigenvalue weighted by molar-refractivity contribution is -0.123. The second-order valence-electron chi connectivity index (χ2n) is 4.91. The number of imide groups is 1. The quantitative estimate of drug-likeness (QED) is 0.581. The van der Waals surface area contributed by atoms with Crippen LogP contribution in [0.3, 0.4) is 0 Å². The molecular weight excluding hydrogens is 442 g/mol. The number of thioether (sulfide) groups is 1. The molecule has 1 aliphatic rings. The van der Waals surface area contributed by atoms with E-state index in [1.165, 1.54) is 4.90 Å². The van der Waals surface area contributed by atoms with Crippen LogP contribution in [-0.4, -0.2) is 16.0 Å². The van der Waals surface area contributed by atoms with Crippen molar-refractivity contribution in [1.29, 1.82) is 0 Å². The summed E-state index contributed by atoms with van der Waals surface area (Å²) >= 11 is 7.79. The van der Waals surface area contributed by atoms with Crippen molar-refractivity contribution < 1.29 is 9.59 Å². The van der Waals surface area contributed by atoms with Gasteiger partial charge in [0.25, 0.3) is 11.1 Å². The first-order valence-electron chi connectivity index (χ1n) is 6.79. The van der Waals surface area contributed by atoms with Crippen molar-refractivity contribution in [3.63, 3.8) is 0 Å². The first-order chi connectivity index (χ1) is 11.0. The number of carbonyl (C=O) groups excluding carboxylic acids is 2. The second-order valence-corrected chi connectivity index (χ2v) is 7.67. The van der Waals surface area contributed by atoms with E-state index in [1.807, 2.05) is 48.5 Å². The zero-order chi connectivity index (χ0) is 16.4. The fourth-order valence-electron chi connectivity index (χ4n) is 2.14. The molecule has 6 heteroatoms. The van der Waals surface area contributed by atoms with Gasteiger partial charge in [-0.15, -0.1) is 0 Å². The lowest BCUT2D eigenvalue weighted by Crippen LogP contribution is -2.27. The van der Waals surface area contributed by atoms with Gasteiger partial charge in [0.15, 0.2) is 0 Å². The zero-order valence-corrected chi connectivity index (χ0v) is 15.8. The van der Waals surface area contributed by atoms with Gasteiger partial charge < -0.3 is 0 Å². The molecule has 0 aromatic heterocycles. The Balaban J connectivity index is 1.82. The summed E-state index contributed by atoms with van der Waals surface area (Å²) in [7, 11) is 0. The van der Waals surface area contributed by atoms with Gasteiger partial charge >= 0.3 is 0 Å². The Morgan fingerprint density at radius 2 is 1.70 bits per heavy atom. The van der Waals surface area contributed by atoms with E-state index in [2.05, 4.69) is 31.9 Å². The first kappa shape index (κ1) is 16.5. The third-order valence-electron chi connectivity index (χ3n) is 3.33. The van der Waals surface area contributed by atoms with Crippen LogP contribution in [0.25, 0.3) is 6.08 Å². The van der Waals surface area contributed by atoms with Crippen LogP contribution >= 0.6 is 43.6 Å². The van der Waals surface area contributed by atoms with E-state index in [1.54, 1.807) is 6.08 Å². The minimum absolute atomic E-state index is 0.242. The van der Waals surface area contributed by atoms with E-state index in [-0.39, 0.29) is 17.7 Å². The smallest absolute Gasteiger partial charge is 0.268 e. The monoisotopic (exact) mass is 451 g/mol. The van der Waals surface area contributed by atoms with Gasteiger partial charge in [-0.05, 0) is 47.2 Å². The molecule has 2 amide bonds. The highest BCUT2D eigenvalue weighted by Gasteiger charge is 2.35. The lowest BCUT2D eigenvalue weighted by atomic mass is 10.2. The minimum atomic E-state index is -0.251. The van der Waals surface area contributed by atoms with Crippen molar-refractivity contribution in [2.45, 2.75) is 6.54 Å². The van der Waals surface area contributed by atoms with Gasteiger partial charge in [0.05, 0.1) is 11.4 Å². The Morgan fingerprint density at radius 3 is 2.39 bits per heavy atom. The van der Waals surface area contributed by atoms with Crippen LogP contribution in [0.1, 0.15) is 11.1 Å². The van der Waals surface area contributed by atoms with Crippen molar-refractivity contribution >= 4 is 60.8 Å². The molecule has 2 aromatic carbocycles. The van der Waals surface area contributed by atoms with Gasteiger partial charge in [0.2, 0.25) is 0 Å². The summed E-state index contributed by atoms with van der Waals surface area (Å²) in [6.45, 7) is 0.268. The fourth-order valence-corrected chi connectivity index (χ4v) is 3.66. The molecule has 3 nitrogen and oxygen atoms in total. The largest absolute Gasteiger partial charge is 0.293 e. The van der Waals surface area contributed by atoms with E-state index >= 15 is 0 Å². The van der Waals surface area contributed by atoms with E-state index in [4.69, 9.17) is 0 Å². The molecule has 0 N–H and O–H groups in total. The van der Waals surface area contributed by atoms with Crippen LogP contribution in [0.4, 0.5) is 4.79 Å². The van der Waals surface area contributed by atoms with Gasteiger partial charge in [-0.2, -0.15) is 0 Å². The molecule has 23 heavy (non-hydrogen) atoms. The predicted octanol–water partition coefficient (Wildman–Crippen LogP) is 5.45. The molecule has 1 fully saturated rings. The summed E-state index contributed by atoms with van der Waals surface area (Å²) in [4.78, 5) is 26.4. The molecule has 0 bridgehead atoms. The molecule has 2 aromatic rings. The number of rotatable bonds is 3. The van der Waals surface area contributed by atoms with Gasteiger partial charge in [-0.3, -0.25) is 14.5 Å². The van der Waals surface area contributed by atoms with Gasteiger partial charge in [-0.1, -0.05) is 62.2 Å². The maximum atomic E-state index is 12.5. The molecule has 0 saturated carbocycles. The van der Waals surface area contributed by atoms with Crippen molar-refractivity contribution in [2.75, 3.05) is 0 Å². The summed E-state index contributed by atoms with van der Waals surface area (Å²) in [6.07, 6.45) is 1.75.